The van der Waals surface area contributed by atoms with Crippen molar-refractivity contribution < 1.29 is 0 Å². The molecule has 2 aliphatic rings. The quantitative estimate of drug-likeness (QED) is 0.890. The molecule has 2 bridgehead atoms. The highest BCUT2D eigenvalue weighted by atomic mass is 15.2. The van der Waals surface area contributed by atoms with Crippen LogP contribution in [0.1, 0.15) is 50.3 Å². The van der Waals surface area contributed by atoms with Crippen LogP contribution in [0.3, 0.4) is 0 Å². The molecule has 2 fully saturated rings. The summed E-state index contributed by atoms with van der Waals surface area (Å²) in [6.45, 7) is 6.85. The van der Waals surface area contributed by atoms with Crippen molar-refractivity contribution in [1.29, 1.82) is 0 Å². The molecule has 3 atom stereocenters. The van der Waals surface area contributed by atoms with Crippen molar-refractivity contribution in [3.8, 4) is 0 Å². The average Bonchev–Trinajstić information content (AvgIpc) is 3.01. The number of nitrogens with two attached hydrogens (primary N) is 1. The van der Waals surface area contributed by atoms with Crippen molar-refractivity contribution in [3.05, 3.63) is 35.4 Å². The van der Waals surface area contributed by atoms with Crippen LogP contribution in [0.5, 0.6) is 0 Å². The summed E-state index contributed by atoms with van der Waals surface area (Å²) in [5.41, 5.74) is 9.14. The van der Waals surface area contributed by atoms with Gasteiger partial charge in [0.25, 0.3) is 0 Å². The Morgan fingerprint density at radius 3 is 2.50 bits per heavy atom. The van der Waals surface area contributed by atoms with E-state index in [4.69, 9.17) is 5.73 Å². The van der Waals surface area contributed by atoms with Gasteiger partial charge in [-0.3, -0.25) is 4.90 Å². The SMILES string of the molecule is CC(C)Cc1ccc(C(N)CN2CC3CCC2C3)cc1. The predicted molar refractivity (Wildman–Crippen MR) is 84.6 cm³/mol. The third-order valence-corrected chi connectivity index (χ3v) is 5.01. The van der Waals surface area contributed by atoms with Crippen molar-refractivity contribution >= 4 is 0 Å². The number of likely N-dealkylation sites (tertiary alicyclic amines) is 1. The topological polar surface area (TPSA) is 29.3 Å². The van der Waals surface area contributed by atoms with E-state index in [-0.39, 0.29) is 6.04 Å². The number of benzene rings is 1. The maximum absolute atomic E-state index is 6.42. The molecule has 20 heavy (non-hydrogen) atoms. The van der Waals surface area contributed by atoms with E-state index < -0.39 is 0 Å². The fourth-order valence-electron chi connectivity index (χ4n) is 3.98. The Hall–Kier alpha value is -0.860. The smallest absolute Gasteiger partial charge is 0.0424 e. The summed E-state index contributed by atoms with van der Waals surface area (Å²) in [7, 11) is 0. The van der Waals surface area contributed by atoms with Gasteiger partial charge in [-0.2, -0.15) is 0 Å². The lowest BCUT2D eigenvalue weighted by Crippen LogP contribution is -2.37. The molecular weight excluding hydrogens is 244 g/mol. The van der Waals surface area contributed by atoms with Crippen LogP contribution in [0, 0.1) is 11.8 Å². The van der Waals surface area contributed by atoms with Crippen LogP contribution in [-0.4, -0.2) is 24.0 Å². The lowest BCUT2D eigenvalue weighted by Gasteiger charge is -2.29. The first-order valence-corrected chi connectivity index (χ1v) is 8.20. The van der Waals surface area contributed by atoms with Crippen molar-refractivity contribution in [2.75, 3.05) is 13.1 Å². The molecule has 0 spiro atoms. The molecule has 3 unspecified atom stereocenters. The minimum Gasteiger partial charge on any atom is -0.323 e. The molecule has 3 rings (SSSR count). The number of rotatable bonds is 5. The second-order valence-corrected chi connectivity index (χ2v) is 7.23. The number of hydrogen-bond acceptors (Lipinski definition) is 2. The molecule has 2 N–H and O–H groups in total. The van der Waals surface area contributed by atoms with Gasteiger partial charge in [0.15, 0.2) is 0 Å². The van der Waals surface area contributed by atoms with Gasteiger partial charge in [-0.25, -0.2) is 0 Å². The number of hydrogen-bond donors (Lipinski definition) is 1. The van der Waals surface area contributed by atoms with E-state index in [2.05, 4.69) is 43.0 Å². The van der Waals surface area contributed by atoms with Crippen LogP contribution < -0.4 is 5.73 Å². The zero-order valence-electron chi connectivity index (χ0n) is 12.9. The first-order chi connectivity index (χ1) is 9.61. The Morgan fingerprint density at radius 1 is 1.20 bits per heavy atom. The summed E-state index contributed by atoms with van der Waals surface area (Å²) in [6.07, 6.45) is 5.41. The van der Waals surface area contributed by atoms with E-state index >= 15 is 0 Å². The molecule has 1 aromatic carbocycles. The van der Waals surface area contributed by atoms with Crippen molar-refractivity contribution in [2.24, 2.45) is 17.6 Å². The number of fused-ring (bicyclic) bond motifs is 2. The standard InChI is InChI=1S/C18H28N2/c1-13(2)9-14-3-6-16(7-4-14)18(19)12-20-11-15-5-8-17(20)10-15/h3-4,6-7,13,15,17-18H,5,8-12,19H2,1-2H3. The first kappa shape index (κ1) is 14.1. The molecule has 0 aromatic heterocycles. The van der Waals surface area contributed by atoms with Crippen LogP contribution in [-0.2, 0) is 6.42 Å². The highest BCUT2D eigenvalue weighted by Crippen LogP contribution is 2.37. The molecular formula is C18H28N2. The Bertz CT molecular complexity index is 437. The summed E-state index contributed by atoms with van der Waals surface area (Å²) in [4.78, 5) is 2.63. The monoisotopic (exact) mass is 272 g/mol. The van der Waals surface area contributed by atoms with Crippen molar-refractivity contribution in [1.82, 2.24) is 4.90 Å². The molecule has 2 nitrogen and oxygen atoms in total. The Kier molecular flexibility index (Phi) is 4.13. The van der Waals surface area contributed by atoms with Crippen LogP contribution in [0.4, 0.5) is 0 Å². The maximum Gasteiger partial charge on any atom is 0.0424 e. The van der Waals surface area contributed by atoms with Crippen molar-refractivity contribution in [3.63, 3.8) is 0 Å². The lowest BCUT2D eigenvalue weighted by molar-refractivity contribution is 0.202. The second kappa shape index (κ2) is 5.87. The van der Waals surface area contributed by atoms with E-state index in [1.54, 1.807) is 0 Å². The van der Waals surface area contributed by atoms with E-state index in [0.717, 1.165) is 30.8 Å². The predicted octanol–water partition coefficient (Wildman–Crippen LogP) is 3.37. The average molecular weight is 272 g/mol. The maximum atomic E-state index is 6.42. The van der Waals surface area contributed by atoms with E-state index in [9.17, 15) is 0 Å². The zero-order valence-corrected chi connectivity index (χ0v) is 12.9. The highest BCUT2D eigenvalue weighted by Gasteiger charge is 2.37. The Balaban J connectivity index is 1.58. The molecule has 0 amide bonds. The molecule has 0 radical (unpaired) electrons. The molecule has 1 aromatic rings. The molecule has 1 saturated carbocycles. The highest BCUT2D eigenvalue weighted by molar-refractivity contribution is 5.25. The molecule has 1 aliphatic carbocycles. The molecule has 110 valence electrons. The summed E-state index contributed by atoms with van der Waals surface area (Å²) in [5.74, 6) is 1.68. The van der Waals surface area contributed by atoms with Gasteiger partial charge in [-0.1, -0.05) is 38.1 Å². The molecule has 2 heteroatoms. The minimum absolute atomic E-state index is 0.169. The van der Waals surface area contributed by atoms with Crippen LogP contribution in [0.15, 0.2) is 24.3 Å². The molecule has 1 saturated heterocycles. The van der Waals surface area contributed by atoms with Gasteiger partial charge in [0, 0.05) is 25.2 Å². The van der Waals surface area contributed by atoms with Crippen LogP contribution in [0.25, 0.3) is 0 Å². The lowest BCUT2D eigenvalue weighted by atomic mass is 9.99. The first-order valence-electron chi connectivity index (χ1n) is 8.20. The Labute approximate surface area is 123 Å². The normalized spacial score (nSPS) is 27.4. The minimum atomic E-state index is 0.169. The van der Waals surface area contributed by atoms with Gasteiger partial charge < -0.3 is 5.73 Å². The van der Waals surface area contributed by atoms with Crippen LogP contribution >= 0.6 is 0 Å². The van der Waals surface area contributed by atoms with Gasteiger partial charge in [0.2, 0.25) is 0 Å². The van der Waals surface area contributed by atoms with Crippen molar-refractivity contribution in [2.45, 2.75) is 51.6 Å². The third-order valence-electron chi connectivity index (χ3n) is 5.01. The zero-order chi connectivity index (χ0) is 14.1. The fraction of sp³-hybridized carbons (Fsp3) is 0.667. The summed E-state index contributed by atoms with van der Waals surface area (Å²) in [6, 6.07) is 9.97. The summed E-state index contributed by atoms with van der Waals surface area (Å²) in [5, 5.41) is 0. The third kappa shape index (κ3) is 3.07. The van der Waals surface area contributed by atoms with E-state index in [1.165, 1.54) is 36.9 Å². The van der Waals surface area contributed by atoms with Gasteiger partial charge in [-0.15, -0.1) is 0 Å². The van der Waals surface area contributed by atoms with Crippen LogP contribution in [0.2, 0.25) is 0 Å². The summed E-state index contributed by atoms with van der Waals surface area (Å²) >= 11 is 0. The second-order valence-electron chi connectivity index (χ2n) is 7.23. The fourth-order valence-corrected chi connectivity index (χ4v) is 3.98. The van der Waals surface area contributed by atoms with E-state index in [0.29, 0.717) is 0 Å². The Morgan fingerprint density at radius 2 is 1.95 bits per heavy atom. The van der Waals surface area contributed by atoms with Gasteiger partial charge >= 0.3 is 0 Å². The number of nitrogens with zero attached hydrogens (tertiary/aromatic N) is 1. The van der Waals surface area contributed by atoms with Gasteiger partial charge in [0.1, 0.15) is 0 Å². The molecule has 1 aliphatic heterocycles. The van der Waals surface area contributed by atoms with E-state index in [1.807, 2.05) is 0 Å². The molecule has 1 heterocycles. The van der Waals surface area contributed by atoms with Gasteiger partial charge in [-0.05, 0) is 48.6 Å². The van der Waals surface area contributed by atoms with Gasteiger partial charge in [0.05, 0.1) is 0 Å². The number of piperidine rings is 1. The largest absolute Gasteiger partial charge is 0.323 e. The summed E-state index contributed by atoms with van der Waals surface area (Å²) < 4.78 is 0.